The Morgan fingerprint density at radius 1 is 0.923 bits per heavy atom. The Morgan fingerprint density at radius 3 is 2.08 bits per heavy atom. The number of hydrogen-bond acceptors (Lipinski definition) is 4. The third kappa shape index (κ3) is 4.03. The molecule has 0 spiro atoms. The van der Waals surface area contributed by atoms with Gasteiger partial charge in [-0.15, -0.1) is 0 Å². The summed E-state index contributed by atoms with van der Waals surface area (Å²) in [6.45, 7) is 2.23. The highest BCUT2D eigenvalue weighted by molar-refractivity contribution is 7.89. The number of nitrogen functional groups attached to an aromatic ring is 1. The molecule has 0 aliphatic carbocycles. The molecular weight excluding hydrogens is 360 g/mol. The van der Waals surface area contributed by atoms with Crippen LogP contribution < -0.4 is 5.73 Å². The van der Waals surface area contributed by atoms with E-state index in [9.17, 15) is 17.2 Å². The smallest absolute Gasteiger partial charge is 0.249 e. The first-order valence-electron chi connectivity index (χ1n) is 8.39. The van der Waals surface area contributed by atoms with Crippen LogP contribution in [0.3, 0.4) is 0 Å². The number of nitrogens with two attached hydrogens (primary N) is 1. The Balaban J connectivity index is 1.60. The van der Waals surface area contributed by atoms with Gasteiger partial charge in [-0.1, -0.05) is 18.2 Å². The minimum atomic E-state index is -4.18. The maximum atomic E-state index is 13.8. The van der Waals surface area contributed by atoms with Crippen molar-refractivity contribution in [2.24, 2.45) is 0 Å². The first-order valence-corrected chi connectivity index (χ1v) is 9.83. The second-order valence-corrected chi connectivity index (χ2v) is 8.16. The van der Waals surface area contributed by atoms with Gasteiger partial charge in [-0.2, -0.15) is 4.31 Å². The molecule has 0 atom stereocenters. The number of halogens is 2. The lowest BCUT2D eigenvalue weighted by Gasteiger charge is -2.34. The van der Waals surface area contributed by atoms with Crippen LogP contribution in [0.5, 0.6) is 0 Å². The van der Waals surface area contributed by atoms with Gasteiger partial charge in [-0.3, -0.25) is 0 Å². The number of benzene rings is 2. The van der Waals surface area contributed by atoms with Crippen molar-refractivity contribution in [3.05, 3.63) is 59.7 Å². The summed E-state index contributed by atoms with van der Waals surface area (Å²) < 4.78 is 54.0. The van der Waals surface area contributed by atoms with Gasteiger partial charge in [0.2, 0.25) is 10.0 Å². The summed E-state index contributed by atoms with van der Waals surface area (Å²) in [7, 11) is -4.18. The Labute approximate surface area is 152 Å². The minimum absolute atomic E-state index is 0.206. The quantitative estimate of drug-likeness (QED) is 0.806. The van der Waals surface area contributed by atoms with Crippen LogP contribution in [0.4, 0.5) is 14.5 Å². The molecule has 2 N–H and O–H groups in total. The van der Waals surface area contributed by atoms with Gasteiger partial charge in [-0.05, 0) is 36.2 Å². The third-order valence-corrected chi connectivity index (χ3v) is 6.50. The predicted molar refractivity (Wildman–Crippen MR) is 96.1 cm³/mol. The molecule has 140 valence electrons. The van der Waals surface area contributed by atoms with Gasteiger partial charge in [0.05, 0.1) is 0 Å². The van der Waals surface area contributed by atoms with E-state index in [0.29, 0.717) is 18.8 Å². The molecule has 0 bridgehead atoms. The number of piperazine rings is 1. The van der Waals surface area contributed by atoms with Crippen molar-refractivity contribution in [1.29, 1.82) is 0 Å². The Morgan fingerprint density at radius 2 is 1.50 bits per heavy atom. The van der Waals surface area contributed by atoms with Crippen LogP contribution in [-0.4, -0.2) is 50.3 Å². The molecule has 26 heavy (non-hydrogen) atoms. The van der Waals surface area contributed by atoms with Crippen molar-refractivity contribution in [2.45, 2.75) is 11.3 Å². The number of hydrogen-bond donors (Lipinski definition) is 1. The van der Waals surface area contributed by atoms with Crippen LogP contribution >= 0.6 is 0 Å². The highest BCUT2D eigenvalue weighted by Crippen LogP contribution is 2.23. The summed E-state index contributed by atoms with van der Waals surface area (Å²) in [5.41, 5.74) is 7.54. The van der Waals surface area contributed by atoms with Crippen molar-refractivity contribution in [1.82, 2.24) is 9.21 Å². The van der Waals surface area contributed by atoms with Gasteiger partial charge in [0.1, 0.15) is 11.6 Å². The SMILES string of the molecule is Nc1ccc(CCN2CCN(S(=O)(=O)c3c(F)cccc3F)CC2)cc1. The molecule has 0 unspecified atom stereocenters. The van der Waals surface area contributed by atoms with Crippen LogP contribution in [-0.2, 0) is 16.4 Å². The fraction of sp³-hybridized carbons (Fsp3) is 0.333. The molecule has 3 rings (SSSR count). The van der Waals surface area contributed by atoms with E-state index in [1.807, 2.05) is 24.3 Å². The molecule has 8 heteroatoms. The molecule has 2 aromatic rings. The van der Waals surface area contributed by atoms with Crippen molar-refractivity contribution in [3.63, 3.8) is 0 Å². The van der Waals surface area contributed by atoms with Crippen LogP contribution in [0, 0.1) is 11.6 Å². The number of nitrogens with zero attached hydrogens (tertiary/aromatic N) is 2. The number of rotatable bonds is 5. The zero-order chi connectivity index (χ0) is 18.7. The molecular formula is C18H21F2N3O2S. The van der Waals surface area contributed by atoms with E-state index in [4.69, 9.17) is 5.73 Å². The molecule has 5 nitrogen and oxygen atoms in total. The van der Waals surface area contributed by atoms with Crippen LogP contribution in [0.25, 0.3) is 0 Å². The lowest BCUT2D eigenvalue weighted by Crippen LogP contribution is -2.49. The van der Waals surface area contributed by atoms with Crippen molar-refractivity contribution >= 4 is 15.7 Å². The van der Waals surface area contributed by atoms with Crippen LogP contribution in [0.1, 0.15) is 5.56 Å². The van der Waals surface area contributed by atoms with Crippen molar-refractivity contribution in [3.8, 4) is 0 Å². The molecule has 1 aliphatic rings. The van der Waals surface area contributed by atoms with E-state index >= 15 is 0 Å². The molecule has 1 saturated heterocycles. The van der Waals surface area contributed by atoms with E-state index in [0.717, 1.165) is 41.0 Å². The van der Waals surface area contributed by atoms with E-state index in [1.165, 1.54) is 0 Å². The normalized spacial score (nSPS) is 16.7. The van der Waals surface area contributed by atoms with E-state index < -0.39 is 26.6 Å². The zero-order valence-electron chi connectivity index (χ0n) is 14.2. The standard InChI is InChI=1S/C18H21F2N3O2S/c19-16-2-1-3-17(20)18(16)26(24,25)23-12-10-22(11-13-23)9-8-14-4-6-15(21)7-5-14/h1-7H,8-13,21H2. The Bertz CT molecular complexity index is 844. The molecule has 0 amide bonds. The summed E-state index contributed by atoms with van der Waals surface area (Å²) in [5, 5.41) is 0. The maximum absolute atomic E-state index is 13.8. The topological polar surface area (TPSA) is 66.6 Å². The highest BCUT2D eigenvalue weighted by atomic mass is 32.2. The summed E-state index contributed by atoms with van der Waals surface area (Å²) in [5.74, 6) is -2.12. The minimum Gasteiger partial charge on any atom is -0.399 e. The average molecular weight is 381 g/mol. The second-order valence-electron chi connectivity index (χ2n) is 6.29. The van der Waals surface area contributed by atoms with Gasteiger partial charge in [0.25, 0.3) is 0 Å². The fourth-order valence-corrected chi connectivity index (χ4v) is 4.55. The van der Waals surface area contributed by atoms with E-state index in [-0.39, 0.29) is 13.1 Å². The average Bonchev–Trinajstić information content (AvgIpc) is 2.61. The molecule has 0 aromatic heterocycles. The summed E-state index contributed by atoms with van der Waals surface area (Å²) in [4.78, 5) is 1.27. The van der Waals surface area contributed by atoms with Crippen LogP contribution in [0.2, 0.25) is 0 Å². The fourth-order valence-electron chi connectivity index (χ4n) is 3.02. The molecule has 0 radical (unpaired) electrons. The first kappa shape index (κ1) is 18.8. The molecule has 1 fully saturated rings. The molecule has 0 saturated carbocycles. The molecule has 1 aliphatic heterocycles. The van der Waals surface area contributed by atoms with Gasteiger partial charge in [-0.25, -0.2) is 17.2 Å². The second kappa shape index (κ2) is 7.69. The predicted octanol–water partition coefficient (Wildman–Crippen LogP) is 2.10. The largest absolute Gasteiger partial charge is 0.399 e. The molecule has 1 heterocycles. The van der Waals surface area contributed by atoms with Gasteiger partial charge >= 0.3 is 0 Å². The Kier molecular flexibility index (Phi) is 5.55. The van der Waals surface area contributed by atoms with E-state index in [2.05, 4.69) is 4.90 Å². The summed E-state index contributed by atoms with van der Waals surface area (Å²) in [6, 6.07) is 10.7. The number of anilines is 1. The van der Waals surface area contributed by atoms with Crippen molar-refractivity contribution < 1.29 is 17.2 Å². The van der Waals surface area contributed by atoms with Gasteiger partial charge in [0, 0.05) is 38.4 Å². The van der Waals surface area contributed by atoms with Crippen molar-refractivity contribution in [2.75, 3.05) is 38.5 Å². The maximum Gasteiger partial charge on any atom is 0.249 e. The van der Waals surface area contributed by atoms with E-state index in [1.54, 1.807) is 0 Å². The molecule has 2 aromatic carbocycles. The van der Waals surface area contributed by atoms with Gasteiger partial charge < -0.3 is 10.6 Å². The third-order valence-electron chi connectivity index (χ3n) is 4.54. The summed E-state index contributed by atoms with van der Waals surface area (Å²) in [6.07, 6.45) is 0.828. The lowest BCUT2D eigenvalue weighted by molar-refractivity contribution is 0.189. The highest BCUT2D eigenvalue weighted by Gasteiger charge is 2.32. The van der Waals surface area contributed by atoms with Crippen LogP contribution in [0.15, 0.2) is 47.4 Å². The number of sulfonamides is 1. The lowest BCUT2D eigenvalue weighted by atomic mass is 10.1. The monoisotopic (exact) mass is 381 g/mol. The first-order chi connectivity index (χ1) is 12.4. The van der Waals surface area contributed by atoms with Gasteiger partial charge in [0.15, 0.2) is 4.90 Å². The summed E-state index contributed by atoms with van der Waals surface area (Å²) >= 11 is 0. The Hall–Kier alpha value is -2.03. The zero-order valence-corrected chi connectivity index (χ0v) is 15.1.